The van der Waals surface area contributed by atoms with Crippen molar-refractivity contribution in [1.29, 1.82) is 0 Å². The largest absolute Gasteiger partial charge is 0.478 e. The van der Waals surface area contributed by atoms with Crippen LogP contribution >= 0.6 is 0 Å². The number of hydrogen-bond acceptors (Lipinski definition) is 4. The van der Waals surface area contributed by atoms with Gasteiger partial charge in [0.1, 0.15) is 10.6 Å². The first-order valence-corrected chi connectivity index (χ1v) is 8.20. The van der Waals surface area contributed by atoms with Gasteiger partial charge in [-0.05, 0) is 42.3 Å². The van der Waals surface area contributed by atoms with Crippen LogP contribution in [0.4, 0.5) is 0 Å². The zero-order valence-corrected chi connectivity index (χ0v) is 12.8. The van der Waals surface area contributed by atoms with Crippen LogP contribution < -0.4 is 4.18 Å². The number of aryl methyl sites for hydroxylation is 1. The monoisotopic (exact) mass is 320 g/mol. The molecule has 0 spiro atoms. The van der Waals surface area contributed by atoms with Crippen molar-refractivity contribution in [2.75, 3.05) is 0 Å². The fraction of sp³-hybridized carbons (Fsp3) is 0.188. The van der Waals surface area contributed by atoms with Gasteiger partial charge in [0.25, 0.3) is 0 Å². The molecule has 22 heavy (non-hydrogen) atoms. The van der Waals surface area contributed by atoms with Gasteiger partial charge in [0.05, 0.1) is 5.56 Å². The summed E-state index contributed by atoms with van der Waals surface area (Å²) in [7, 11) is -3.98. The van der Waals surface area contributed by atoms with Crippen molar-refractivity contribution < 1.29 is 22.5 Å². The molecule has 0 atom stereocenters. The third-order valence-corrected chi connectivity index (χ3v) is 4.30. The molecule has 2 aromatic carbocycles. The Morgan fingerprint density at radius 2 is 1.82 bits per heavy atom. The van der Waals surface area contributed by atoms with Crippen molar-refractivity contribution in [2.45, 2.75) is 24.7 Å². The van der Waals surface area contributed by atoms with Gasteiger partial charge in [0, 0.05) is 0 Å². The van der Waals surface area contributed by atoms with Crippen molar-refractivity contribution in [3.05, 3.63) is 59.7 Å². The maximum absolute atomic E-state index is 12.2. The molecule has 0 fully saturated rings. The Bertz CT molecular complexity index is 763. The van der Waals surface area contributed by atoms with E-state index in [4.69, 9.17) is 9.29 Å². The fourth-order valence-electron chi connectivity index (χ4n) is 1.97. The molecule has 5 nitrogen and oxygen atoms in total. The molecule has 0 unspecified atom stereocenters. The Morgan fingerprint density at radius 1 is 1.14 bits per heavy atom. The number of benzene rings is 2. The van der Waals surface area contributed by atoms with Crippen molar-refractivity contribution >= 4 is 16.1 Å². The highest BCUT2D eigenvalue weighted by atomic mass is 32.2. The molecule has 0 aliphatic rings. The highest BCUT2D eigenvalue weighted by Crippen LogP contribution is 2.20. The topological polar surface area (TPSA) is 80.7 Å². The molecule has 0 heterocycles. The molecule has 2 aromatic rings. The molecule has 116 valence electrons. The Kier molecular flexibility index (Phi) is 4.82. The highest BCUT2D eigenvalue weighted by Gasteiger charge is 2.17. The summed E-state index contributed by atoms with van der Waals surface area (Å²) in [6.07, 6.45) is 1.85. The van der Waals surface area contributed by atoms with Gasteiger partial charge in [0.2, 0.25) is 0 Å². The fourth-order valence-corrected chi connectivity index (χ4v) is 2.89. The van der Waals surface area contributed by atoms with Crippen molar-refractivity contribution in [3.63, 3.8) is 0 Å². The molecule has 0 amide bonds. The minimum absolute atomic E-state index is 0.0301. The molecule has 2 rings (SSSR count). The number of carboxylic acids is 1. The number of carbonyl (C=O) groups is 1. The lowest BCUT2D eigenvalue weighted by atomic mass is 10.1. The van der Waals surface area contributed by atoms with Crippen LogP contribution in [0.3, 0.4) is 0 Å². The van der Waals surface area contributed by atoms with E-state index in [0.717, 1.165) is 18.4 Å². The van der Waals surface area contributed by atoms with E-state index in [1.807, 2.05) is 6.92 Å². The molecule has 0 bridgehead atoms. The van der Waals surface area contributed by atoms with Gasteiger partial charge in [-0.2, -0.15) is 8.42 Å². The Morgan fingerprint density at radius 3 is 2.41 bits per heavy atom. The summed E-state index contributed by atoms with van der Waals surface area (Å²) in [6.45, 7) is 2.04. The molecular weight excluding hydrogens is 304 g/mol. The second-order valence-electron chi connectivity index (χ2n) is 4.76. The molecule has 0 aromatic heterocycles. The lowest BCUT2D eigenvalue weighted by Crippen LogP contribution is -2.10. The number of carboxylic acid groups (broad SMARTS) is 1. The van der Waals surface area contributed by atoms with Gasteiger partial charge in [-0.25, -0.2) is 4.79 Å². The standard InChI is InChI=1S/C16H16O5S/c1-2-4-12-7-9-15(10-8-12)22(19,20)21-14-6-3-5-13(11-14)16(17)18/h3,5-11H,2,4H2,1H3,(H,17,18). The van der Waals surface area contributed by atoms with Crippen LogP contribution in [0.5, 0.6) is 5.75 Å². The predicted molar refractivity (Wildman–Crippen MR) is 81.7 cm³/mol. The molecule has 0 saturated heterocycles. The minimum atomic E-state index is -3.98. The van der Waals surface area contributed by atoms with Gasteiger partial charge >= 0.3 is 16.1 Å². The summed E-state index contributed by atoms with van der Waals surface area (Å²) in [6, 6.07) is 11.8. The van der Waals surface area contributed by atoms with Crippen LogP contribution in [0.15, 0.2) is 53.4 Å². The average Bonchev–Trinajstić information content (AvgIpc) is 2.48. The van der Waals surface area contributed by atoms with E-state index < -0.39 is 16.1 Å². The molecular formula is C16H16O5S. The lowest BCUT2D eigenvalue weighted by molar-refractivity contribution is 0.0696. The zero-order chi connectivity index (χ0) is 16.2. The van der Waals surface area contributed by atoms with Crippen LogP contribution in [0, 0.1) is 0 Å². The molecule has 6 heteroatoms. The van der Waals surface area contributed by atoms with Crippen LogP contribution in [-0.2, 0) is 16.5 Å². The van der Waals surface area contributed by atoms with Crippen LogP contribution in [0.25, 0.3) is 0 Å². The first-order chi connectivity index (χ1) is 10.4. The summed E-state index contributed by atoms with van der Waals surface area (Å²) in [4.78, 5) is 10.9. The second-order valence-corrected chi connectivity index (χ2v) is 6.31. The third kappa shape index (κ3) is 3.85. The average molecular weight is 320 g/mol. The van der Waals surface area contributed by atoms with Gasteiger partial charge in [-0.3, -0.25) is 0 Å². The third-order valence-electron chi connectivity index (χ3n) is 3.04. The number of rotatable bonds is 6. The van der Waals surface area contributed by atoms with E-state index in [1.54, 1.807) is 12.1 Å². The van der Waals surface area contributed by atoms with Crippen LogP contribution in [-0.4, -0.2) is 19.5 Å². The van der Waals surface area contributed by atoms with Gasteiger partial charge in [-0.1, -0.05) is 31.5 Å². The summed E-state index contributed by atoms with van der Waals surface area (Å²) < 4.78 is 29.4. The maximum atomic E-state index is 12.2. The molecule has 0 aliphatic carbocycles. The number of aromatic carboxylic acids is 1. The van der Waals surface area contributed by atoms with Gasteiger partial charge in [0.15, 0.2) is 0 Å². The van der Waals surface area contributed by atoms with E-state index in [-0.39, 0.29) is 16.2 Å². The minimum Gasteiger partial charge on any atom is -0.478 e. The number of hydrogen-bond donors (Lipinski definition) is 1. The van der Waals surface area contributed by atoms with Crippen molar-refractivity contribution in [2.24, 2.45) is 0 Å². The van der Waals surface area contributed by atoms with Crippen molar-refractivity contribution in [3.8, 4) is 5.75 Å². The first kappa shape index (κ1) is 16.0. The predicted octanol–water partition coefficient (Wildman–Crippen LogP) is 3.11. The van der Waals surface area contributed by atoms with E-state index in [9.17, 15) is 13.2 Å². The van der Waals surface area contributed by atoms with Gasteiger partial charge in [-0.15, -0.1) is 0 Å². The van der Waals surface area contributed by atoms with E-state index in [0.29, 0.717) is 0 Å². The zero-order valence-electron chi connectivity index (χ0n) is 12.0. The van der Waals surface area contributed by atoms with E-state index in [1.165, 1.54) is 36.4 Å². The SMILES string of the molecule is CCCc1ccc(S(=O)(=O)Oc2cccc(C(=O)O)c2)cc1. The normalized spacial score (nSPS) is 11.1. The molecule has 0 saturated carbocycles. The second kappa shape index (κ2) is 6.62. The summed E-state index contributed by atoms with van der Waals surface area (Å²) in [5.41, 5.74) is 1.01. The molecule has 0 radical (unpaired) electrons. The van der Waals surface area contributed by atoms with E-state index in [2.05, 4.69) is 0 Å². The highest BCUT2D eigenvalue weighted by molar-refractivity contribution is 7.87. The Hall–Kier alpha value is -2.34. The Labute approximate surface area is 129 Å². The quantitative estimate of drug-likeness (QED) is 0.827. The summed E-state index contributed by atoms with van der Waals surface area (Å²) in [5.74, 6) is -1.18. The van der Waals surface area contributed by atoms with Crippen LogP contribution in [0.2, 0.25) is 0 Å². The molecule has 1 N–H and O–H groups in total. The van der Waals surface area contributed by atoms with E-state index >= 15 is 0 Å². The summed E-state index contributed by atoms with van der Waals surface area (Å²) in [5, 5.41) is 8.90. The lowest BCUT2D eigenvalue weighted by Gasteiger charge is -2.08. The molecule has 0 aliphatic heterocycles. The first-order valence-electron chi connectivity index (χ1n) is 6.79. The smallest absolute Gasteiger partial charge is 0.339 e. The van der Waals surface area contributed by atoms with Crippen LogP contribution in [0.1, 0.15) is 29.3 Å². The maximum Gasteiger partial charge on any atom is 0.339 e. The summed E-state index contributed by atoms with van der Waals surface area (Å²) >= 11 is 0. The van der Waals surface area contributed by atoms with Crippen molar-refractivity contribution in [1.82, 2.24) is 0 Å². The van der Waals surface area contributed by atoms with Gasteiger partial charge < -0.3 is 9.29 Å². The Balaban J connectivity index is 2.23.